The highest BCUT2D eigenvalue weighted by Gasteiger charge is 2.27. The standard InChI is InChI=1S/C22H20/c1-2-16-15-18-10-4-3-5-13-20(18)22(16)21-14-8-11-17-9-6-7-12-19(17)21/h3-9,11-15,22H,2,10H2,1H3. The maximum absolute atomic E-state index is 2.43. The largest absolute Gasteiger partial charge is 0.0801 e. The Hall–Kier alpha value is -2.34. The van der Waals surface area contributed by atoms with Gasteiger partial charge in [-0.3, -0.25) is 0 Å². The van der Waals surface area contributed by atoms with E-state index in [1.165, 1.54) is 27.5 Å². The second kappa shape index (κ2) is 5.46. The fraction of sp³-hybridized carbons (Fsp3) is 0.182. The lowest BCUT2D eigenvalue weighted by atomic mass is 9.83. The van der Waals surface area contributed by atoms with Crippen molar-refractivity contribution in [3.63, 3.8) is 0 Å². The molecule has 0 bridgehead atoms. The lowest BCUT2D eigenvalue weighted by Gasteiger charge is -2.20. The van der Waals surface area contributed by atoms with Crippen molar-refractivity contribution in [3.8, 4) is 0 Å². The SMILES string of the molecule is CCC1=CC2=C(C=CC=CC2)C1c1cccc2ccccc12. The van der Waals surface area contributed by atoms with Crippen molar-refractivity contribution in [2.75, 3.05) is 0 Å². The maximum Gasteiger partial charge on any atom is 0.0311 e. The predicted molar refractivity (Wildman–Crippen MR) is 95.0 cm³/mol. The van der Waals surface area contributed by atoms with Crippen LogP contribution in [0, 0.1) is 0 Å². The van der Waals surface area contributed by atoms with Crippen LogP contribution in [0.15, 0.2) is 89.6 Å². The Balaban J connectivity index is 1.93. The van der Waals surface area contributed by atoms with Crippen LogP contribution >= 0.6 is 0 Å². The lowest BCUT2D eigenvalue weighted by Crippen LogP contribution is -2.02. The summed E-state index contributed by atoms with van der Waals surface area (Å²) in [6, 6.07) is 15.5. The number of rotatable bonds is 2. The molecule has 22 heavy (non-hydrogen) atoms. The van der Waals surface area contributed by atoms with Gasteiger partial charge in [0.1, 0.15) is 0 Å². The topological polar surface area (TPSA) is 0 Å². The molecule has 0 aliphatic heterocycles. The molecule has 1 atom stereocenters. The minimum Gasteiger partial charge on any atom is -0.0801 e. The van der Waals surface area contributed by atoms with E-state index in [4.69, 9.17) is 0 Å². The first kappa shape index (κ1) is 13.3. The van der Waals surface area contributed by atoms with Gasteiger partial charge in [0.05, 0.1) is 0 Å². The van der Waals surface area contributed by atoms with E-state index in [2.05, 4.69) is 79.8 Å². The van der Waals surface area contributed by atoms with E-state index in [-0.39, 0.29) is 0 Å². The van der Waals surface area contributed by atoms with Crippen molar-refractivity contribution in [1.29, 1.82) is 0 Å². The van der Waals surface area contributed by atoms with E-state index in [9.17, 15) is 0 Å². The van der Waals surface area contributed by atoms with Crippen LogP contribution in [-0.2, 0) is 0 Å². The van der Waals surface area contributed by atoms with E-state index < -0.39 is 0 Å². The zero-order chi connectivity index (χ0) is 14.9. The van der Waals surface area contributed by atoms with Gasteiger partial charge >= 0.3 is 0 Å². The minimum absolute atomic E-state index is 0.419. The van der Waals surface area contributed by atoms with Crippen molar-refractivity contribution in [3.05, 3.63) is 95.1 Å². The molecule has 1 unspecified atom stereocenters. The number of fused-ring (bicyclic) bond motifs is 1. The molecule has 2 aliphatic rings. The molecule has 0 saturated heterocycles. The van der Waals surface area contributed by atoms with Crippen LogP contribution in [0.25, 0.3) is 10.8 Å². The van der Waals surface area contributed by atoms with E-state index in [1.54, 1.807) is 5.57 Å². The molecule has 0 N–H and O–H groups in total. The summed E-state index contributed by atoms with van der Waals surface area (Å²) in [6.07, 6.45) is 13.5. The molecule has 2 aromatic carbocycles. The Kier molecular flexibility index (Phi) is 3.31. The summed E-state index contributed by atoms with van der Waals surface area (Å²) >= 11 is 0. The fourth-order valence-corrected chi connectivity index (χ4v) is 3.76. The Morgan fingerprint density at radius 1 is 1.00 bits per heavy atom. The molecule has 0 amide bonds. The summed E-state index contributed by atoms with van der Waals surface area (Å²) in [5, 5.41) is 2.72. The zero-order valence-electron chi connectivity index (χ0n) is 12.9. The van der Waals surface area contributed by atoms with E-state index in [0.29, 0.717) is 5.92 Å². The molecule has 4 rings (SSSR count). The van der Waals surface area contributed by atoms with Gasteiger partial charge in [-0.2, -0.15) is 0 Å². The molecule has 2 aromatic rings. The van der Waals surface area contributed by atoms with Crippen LogP contribution in [0.4, 0.5) is 0 Å². The lowest BCUT2D eigenvalue weighted by molar-refractivity contribution is 0.906. The van der Waals surface area contributed by atoms with Gasteiger partial charge in [0.2, 0.25) is 0 Å². The Labute approximate surface area is 132 Å². The first-order valence-electron chi connectivity index (χ1n) is 8.13. The number of allylic oxidation sites excluding steroid dienone is 8. The Morgan fingerprint density at radius 2 is 1.86 bits per heavy atom. The van der Waals surface area contributed by atoms with Crippen LogP contribution < -0.4 is 0 Å². The second-order valence-electron chi connectivity index (χ2n) is 6.05. The Morgan fingerprint density at radius 3 is 2.77 bits per heavy atom. The van der Waals surface area contributed by atoms with Crippen molar-refractivity contribution >= 4 is 10.8 Å². The van der Waals surface area contributed by atoms with Crippen LogP contribution in [-0.4, -0.2) is 0 Å². The van der Waals surface area contributed by atoms with Gasteiger partial charge in [0.25, 0.3) is 0 Å². The van der Waals surface area contributed by atoms with Crippen LogP contribution in [0.5, 0.6) is 0 Å². The quantitative estimate of drug-likeness (QED) is 0.626. The third-order valence-electron chi connectivity index (χ3n) is 4.82. The van der Waals surface area contributed by atoms with Crippen molar-refractivity contribution in [1.82, 2.24) is 0 Å². The van der Waals surface area contributed by atoms with Crippen molar-refractivity contribution in [2.24, 2.45) is 0 Å². The van der Waals surface area contributed by atoms with Gasteiger partial charge in [-0.25, -0.2) is 0 Å². The third-order valence-corrected chi connectivity index (χ3v) is 4.82. The summed E-state index contributed by atoms with van der Waals surface area (Å²) in [6.45, 7) is 2.27. The molecular weight excluding hydrogens is 264 g/mol. The minimum atomic E-state index is 0.419. The molecule has 0 radical (unpaired) electrons. The van der Waals surface area contributed by atoms with Crippen LogP contribution in [0.1, 0.15) is 31.2 Å². The molecule has 108 valence electrons. The van der Waals surface area contributed by atoms with Crippen LogP contribution in [0.3, 0.4) is 0 Å². The average Bonchev–Trinajstić information content (AvgIpc) is 2.75. The first-order valence-corrected chi connectivity index (χ1v) is 8.13. The third kappa shape index (κ3) is 2.07. The van der Waals surface area contributed by atoms with Gasteiger partial charge in [-0.05, 0) is 40.3 Å². The second-order valence-corrected chi connectivity index (χ2v) is 6.05. The van der Waals surface area contributed by atoms with Crippen molar-refractivity contribution < 1.29 is 0 Å². The fourth-order valence-electron chi connectivity index (χ4n) is 3.76. The number of hydrogen-bond acceptors (Lipinski definition) is 0. The smallest absolute Gasteiger partial charge is 0.0311 e. The van der Waals surface area contributed by atoms with Gasteiger partial charge in [0.15, 0.2) is 0 Å². The summed E-state index contributed by atoms with van der Waals surface area (Å²) in [5.74, 6) is 0.419. The molecule has 0 fully saturated rings. The highest BCUT2D eigenvalue weighted by Crippen LogP contribution is 2.45. The molecule has 0 saturated carbocycles. The summed E-state index contributed by atoms with van der Waals surface area (Å²) < 4.78 is 0. The molecule has 0 heteroatoms. The maximum atomic E-state index is 2.43. The molecular formula is C22H20. The summed E-state index contributed by atoms with van der Waals surface area (Å²) in [4.78, 5) is 0. The van der Waals surface area contributed by atoms with Gasteiger partial charge < -0.3 is 0 Å². The predicted octanol–water partition coefficient (Wildman–Crippen LogP) is 6.09. The first-order chi connectivity index (χ1) is 10.9. The van der Waals surface area contributed by atoms with Crippen molar-refractivity contribution in [2.45, 2.75) is 25.7 Å². The number of benzene rings is 2. The van der Waals surface area contributed by atoms with Gasteiger partial charge in [-0.15, -0.1) is 0 Å². The monoisotopic (exact) mass is 284 g/mol. The van der Waals surface area contributed by atoms with E-state index >= 15 is 0 Å². The van der Waals surface area contributed by atoms with E-state index in [0.717, 1.165) is 12.8 Å². The highest BCUT2D eigenvalue weighted by molar-refractivity contribution is 5.87. The molecule has 0 aromatic heterocycles. The normalized spacial score (nSPS) is 20.2. The average molecular weight is 284 g/mol. The molecule has 0 spiro atoms. The Bertz CT molecular complexity index is 838. The van der Waals surface area contributed by atoms with Crippen LogP contribution in [0.2, 0.25) is 0 Å². The highest BCUT2D eigenvalue weighted by atomic mass is 14.3. The van der Waals surface area contributed by atoms with Gasteiger partial charge in [0, 0.05) is 5.92 Å². The zero-order valence-corrected chi connectivity index (χ0v) is 12.9. The molecule has 2 aliphatic carbocycles. The van der Waals surface area contributed by atoms with Gasteiger partial charge in [-0.1, -0.05) is 85.3 Å². The molecule has 0 heterocycles. The summed E-state index contributed by atoms with van der Waals surface area (Å²) in [5.41, 5.74) is 5.96. The summed E-state index contributed by atoms with van der Waals surface area (Å²) in [7, 11) is 0. The number of hydrogen-bond donors (Lipinski definition) is 0. The van der Waals surface area contributed by atoms with E-state index in [1.807, 2.05) is 0 Å². The molecule has 0 nitrogen and oxygen atoms in total.